The lowest BCUT2D eigenvalue weighted by Crippen LogP contribution is -2.45. The topological polar surface area (TPSA) is 145 Å². The van der Waals surface area contributed by atoms with Crippen LogP contribution in [0.4, 0.5) is 5.69 Å². The van der Waals surface area contributed by atoms with Crippen molar-refractivity contribution in [3.05, 3.63) is 129 Å². The van der Waals surface area contributed by atoms with E-state index in [0.29, 0.717) is 47.0 Å². The quantitative estimate of drug-likeness (QED) is 0.0996. The molecule has 52 heavy (non-hydrogen) atoms. The molecular weight excluding hydrogens is 697 g/mol. The van der Waals surface area contributed by atoms with E-state index in [1.807, 2.05) is 24.3 Å². The lowest BCUT2D eigenvalue weighted by Gasteiger charge is -2.33. The Kier molecular flexibility index (Phi) is 12.9. The Morgan fingerprint density at radius 3 is 1.69 bits per heavy atom. The molecule has 0 unspecified atom stereocenters. The molecule has 4 aromatic carbocycles. The summed E-state index contributed by atoms with van der Waals surface area (Å²) in [6, 6.07) is 27.3. The predicted octanol–water partition coefficient (Wildman–Crippen LogP) is 6.88. The Hall–Kier alpha value is -4.96. The molecule has 268 valence electrons. The van der Waals surface area contributed by atoms with Crippen molar-refractivity contribution in [1.29, 1.82) is 0 Å². The minimum Gasteiger partial charge on any atom is -0.507 e. The lowest BCUT2D eigenvalue weighted by atomic mass is 9.82. The van der Waals surface area contributed by atoms with Crippen molar-refractivity contribution >= 4 is 40.7 Å². The summed E-state index contributed by atoms with van der Waals surface area (Å²) in [6.45, 7) is 0. The van der Waals surface area contributed by atoms with Crippen molar-refractivity contribution < 1.29 is 24.9 Å². The summed E-state index contributed by atoms with van der Waals surface area (Å²) in [6.07, 6.45) is 5.04. The maximum atomic E-state index is 12.4. The fourth-order valence-corrected chi connectivity index (χ4v) is 6.70. The molecule has 8 nitrogen and oxygen atoms in total. The van der Waals surface area contributed by atoms with E-state index in [-0.39, 0.29) is 35.2 Å². The van der Waals surface area contributed by atoms with Gasteiger partial charge in [-0.25, -0.2) is 0 Å². The Morgan fingerprint density at radius 1 is 0.692 bits per heavy atom. The molecule has 2 saturated carbocycles. The summed E-state index contributed by atoms with van der Waals surface area (Å²) in [7, 11) is 0. The first-order valence-corrected chi connectivity index (χ1v) is 17.9. The van der Waals surface area contributed by atoms with Crippen molar-refractivity contribution in [2.45, 2.75) is 74.7 Å². The average Bonchev–Trinajstić information content (AvgIpc) is 3.11. The van der Waals surface area contributed by atoms with E-state index >= 15 is 0 Å². The number of halogens is 2. The largest absolute Gasteiger partial charge is 0.507 e. The van der Waals surface area contributed by atoms with Crippen molar-refractivity contribution in [3.63, 3.8) is 0 Å². The Bertz CT molecular complexity index is 2020. The number of nitrogen functional groups attached to an aromatic ring is 1. The summed E-state index contributed by atoms with van der Waals surface area (Å²) in [4.78, 5) is 24.7. The number of amides is 2. The number of para-hydroxylation sites is 1. The number of nitrogens with one attached hydrogen (secondary N) is 2. The maximum absolute atomic E-state index is 12.4. The number of phenolic OH excluding ortho intramolecular Hbond substituents is 1. The van der Waals surface area contributed by atoms with Crippen molar-refractivity contribution in [2.24, 2.45) is 0 Å². The number of hydrogen-bond acceptors (Lipinski definition) is 6. The van der Waals surface area contributed by atoms with Gasteiger partial charge in [0.25, 0.3) is 11.8 Å². The molecule has 4 atom stereocenters. The van der Waals surface area contributed by atoms with E-state index in [2.05, 4.69) is 34.3 Å². The number of hydrogen-bond donors (Lipinski definition) is 6. The summed E-state index contributed by atoms with van der Waals surface area (Å²) >= 11 is 11.9. The van der Waals surface area contributed by atoms with Gasteiger partial charge in [0.15, 0.2) is 0 Å². The van der Waals surface area contributed by atoms with E-state index in [1.165, 1.54) is 6.07 Å². The first-order chi connectivity index (χ1) is 24.9. The zero-order valence-corrected chi connectivity index (χ0v) is 30.1. The number of anilines is 1. The molecule has 4 aromatic rings. The normalized spacial score (nSPS) is 22.2. The number of aliphatic hydroxyl groups is 2. The van der Waals surface area contributed by atoms with Gasteiger partial charge in [0, 0.05) is 57.3 Å². The van der Waals surface area contributed by atoms with E-state index in [1.54, 1.807) is 66.7 Å². The minimum absolute atomic E-state index is 0.0585. The standard InChI is InChI=1S/C21H21ClN2O2.C21H20ClNO3/c22-17-4-1-3-15(13-17)10-12-21(26)11-2-5-19(14-21)24-20(25)16-6-8-18(23)9-7-16;22-16-6-3-5-15(13-16)10-12-21(26)11-4-7-17(14-21)23-20(25)18-8-1-2-9-19(18)24/h1,3-4,6-9,13,19,26H,2,5,11,14,23H2,(H,24,25);1-3,5-6,8-9,13,17,24,26H,4,7,11,14H2,(H,23,25)/t19-,21+;17-,21+/m00/s1. The monoisotopic (exact) mass is 737 g/mol. The highest BCUT2D eigenvalue weighted by Crippen LogP contribution is 2.30. The number of aromatic hydroxyl groups is 1. The van der Waals surface area contributed by atoms with Crippen molar-refractivity contribution in [2.75, 3.05) is 5.73 Å². The number of carbonyl (C=O) groups is 2. The van der Waals surface area contributed by atoms with Gasteiger partial charge in [-0.05, 0) is 111 Å². The first kappa shape index (κ1) is 38.3. The third-order valence-electron chi connectivity index (χ3n) is 8.97. The highest BCUT2D eigenvalue weighted by atomic mass is 35.5. The zero-order valence-electron chi connectivity index (χ0n) is 28.5. The molecule has 7 N–H and O–H groups in total. The van der Waals surface area contributed by atoms with Gasteiger partial charge in [0.1, 0.15) is 17.0 Å². The lowest BCUT2D eigenvalue weighted by molar-refractivity contribution is 0.0443. The van der Waals surface area contributed by atoms with E-state index in [0.717, 1.165) is 36.8 Å². The van der Waals surface area contributed by atoms with Crippen LogP contribution in [0, 0.1) is 23.7 Å². The summed E-state index contributed by atoms with van der Waals surface area (Å²) in [5.74, 6) is 11.3. The minimum atomic E-state index is -1.16. The van der Waals surface area contributed by atoms with Gasteiger partial charge in [-0.1, -0.05) is 71.1 Å². The third kappa shape index (κ3) is 11.3. The Morgan fingerprint density at radius 2 is 1.19 bits per heavy atom. The summed E-state index contributed by atoms with van der Waals surface area (Å²) in [5.41, 5.74) is 6.28. The third-order valence-corrected chi connectivity index (χ3v) is 9.44. The average molecular weight is 739 g/mol. The molecule has 2 amide bonds. The predicted molar refractivity (Wildman–Crippen MR) is 205 cm³/mol. The highest BCUT2D eigenvalue weighted by Gasteiger charge is 2.35. The molecule has 0 bridgehead atoms. The van der Waals surface area contributed by atoms with Crippen LogP contribution in [-0.4, -0.2) is 50.4 Å². The van der Waals surface area contributed by atoms with Crippen LogP contribution in [0.1, 0.15) is 83.2 Å². The van der Waals surface area contributed by atoms with Gasteiger partial charge < -0.3 is 31.7 Å². The Balaban J connectivity index is 0.000000201. The van der Waals surface area contributed by atoms with Crippen LogP contribution >= 0.6 is 23.2 Å². The second kappa shape index (κ2) is 17.5. The molecule has 0 heterocycles. The molecule has 2 fully saturated rings. The van der Waals surface area contributed by atoms with Gasteiger partial charge in [-0.3, -0.25) is 9.59 Å². The van der Waals surface area contributed by atoms with E-state index < -0.39 is 11.2 Å². The van der Waals surface area contributed by atoms with Crippen molar-refractivity contribution in [1.82, 2.24) is 10.6 Å². The van der Waals surface area contributed by atoms with Crippen LogP contribution in [0.3, 0.4) is 0 Å². The van der Waals surface area contributed by atoms with Crippen LogP contribution in [0.2, 0.25) is 10.0 Å². The molecule has 10 heteroatoms. The molecule has 0 radical (unpaired) electrons. The van der Waals surface area contributed by atoms with E-state index in [4.69, 9.17) is 28.9 Å². The second-order valence-corrected chi connectivity index (χ2v) is 14.1. The van der Waals surface area contributed by atoms with Gasteiger partial charge in [0.05, 0.1) is 5.56 Å². The van der Waals surface area contributed by atoms with Crippen LogP contribution < -0.4 is 16.4 Å². The summed E-state index contributed by atoms with van der Waals surface area (Å²) < 4.78 is 0. The molecule has 2 aliphatic carbocycles. The van der Waals surface area contributed by atoms with Crippen LogP contribution in [-0.2, 0) is 0 Å². The van der Waals surface area contributed by atoms with Crippen LogP contribution in [0.15, 0.2) is 97.1 Å². The van der Waals surface area contributed by atoms with Gasteiger partial charge in [-0.2, -0.15) is 0 Å². The van der Waals surface area contributed by atoms with Crippen LogP contribution in [0.25, 0.3) is 0 Å². The number of rotatable bonds is 4. The first-order valence-electron chi connectivity index (χ1n) is 17.2. The molecule has 0 aromatic heterocycles. The molecule has 6 rings (SSSR count). The molecule has 2 aliphatic rings. The number of phenols is 1. The van der Waals surface area contributed by atoms with Gasteiger partial charge in [-0.15, -0.1) is 0 Å². The molecular formula is C42H41Cl2N3O5. The van der Waals surface area contributed by atoms with Gasteiger partial charge in [0.2, 0.25) is 0 Å². The van der Waals surface area contributed by atoms with Gasteiger partial charge >= 0.3 is 0 Å². The second-order valence-electron chi connectivity index (χ2n) is 13.3. The number of benzene rings is 4. The number of nitrogens with two attached hydrogens (primary N) is 1. The molecule has 0 aliphatic heterocycles. The fourth-order valence-electron chi connectivity index (χ4n) is 6.32. The summed E-state index contributed by atoms with van der Waals surface area (Å²) in [5, 5.41) is 38.5. The highest BCUT2D eigenvalue weighted by molar-refractivity contribution is 6.31. The maximum Gasteiger partial charge on any atom is 0.255 e. The number of carbonyl (C=O) groups excluding carboxylic acids is 2. The van der Waals surface area contributed by atoms with Crippen LogP contribution in [0.5, 0.6) is 5.75 Å². The zero-order chi connectivity index (χ0) is 37.1. The van der Waals surface area contributed by atoms with E-state index in [9.17, 15) is 24.9 Å². The SMILES string of the molecule is Nc1ccc(C(=O)N[C@H]2CCC[C@@](O)(C#Cc3cccc(Cl)c3)C2)cc1.O=C(N[C@H]1CCC[C@@](O)(C#Cc2cccc(Cl)c2)C1)c1ccccc1O. The molecule has 0 saturated heterocycles. The van der Waals surface area contributed by atoms with Crippen molar-refractivity contribution in [3.8, 4) is 29.4 Å². The Labute approximate surface area is 314 Å². The smallest absolute Gasteiger partial charge is 0.255 e. The molecule has 0 spiro atoms. The fraction of sp³-hybridized carbons (Fsp3) is 0.286.